The lowest BCUT2D eigenvalue weighted by Gasteiger charge is -2.10. The molecule has 4 heteroatoms. The summed E-state index contributed by atoms with van der Waals surface area (Å²) in [5.74, 6) is 0.451. The van der Waals surface area contributed by atoms with E-state index in [0.717, 1.165) is 5.56 Å². The van der Waals surface area contributed by atoms with Crippen LogP contribution in [0.3, 0.4) is 0 Å². The van der Waals surface area contributed by atoms with Crippen LogP contribution in [-0.2, 0) is 6.42 Å². The molecule has 0 spiro atoms. The van der Waals surface area contributed by atoms with Crippen molar-refractivity contribution in [2.75, 3.05) is 13.2 Å². The monoisotopic (exact) mass is 281 g/mol. The van der Waals surface area contributed by atoms with Crippen LogP contribution in [-0.4, -0.2) is 24.1 Å². The Balaban J connectivity index is 2.02. The minimum absolute atomic E-state index is 0.0317. The number of carbonyl (C=O) groups excluding carboxylic acids is 1. The van der Waals surface area contributed by atoms with Gasteiger partial charge in [-0.1, -0.05) is 18.2 Å². The number of hydrogen-bond acceptors (Lipinski definition) is 4. The molecule has 0 saturated heterocycles. The summed E-state index contributed by atoms with van der Waals surface area (Å²) in [6, 6.07) is 15.8. The van der Waals surface area contributed by atoms with Crippen LogP contribution in [0.5, 0.6) is 5.75 Å². The summed E-state index contributed by atoms with van der Waals surface area (Å²) >= 11 is 0. The zero-order valence-electron chi connectivity index (χ0n) is 11.5. The first-order valence-corrected chi connectivity index (χ1v) is 6.59. The second-order valence-corrected chi connectivity index (χ2v) is 4.48. The van der Waals surface area contributed by atoms with E-state index < -0.39 is 0 Å². The molecule has 0 heterocycles. The number of benzene rings is 2. The molecule has 21 heavy (non-hydrogen) atoms. The predicted molar refractivity (Wildman–Crippen MR) is 78.2 cm³/mol. The van der Waals surface area contributed by atoms with Crippen LogP contribution in [0, 0.1) is 11.3 Å². The van der Waals surface area contributed by atoms with Crippen molar-refractivity contribution in [1.29, 1.82) is 5.26 Å². The molecule has 2 aromatic carbocycles. The second kappa shape index (κ2) is 7.22. The summed E-state index contributed by atoms with van der Waals surface area (Å²) < 4.78 is 5.54. The average Bonchev–Trinajstić information content (AvgIpc) is 2.54. The smallest absolute Gasteiger partial charge is 0.200 e. The molecule has 0 unspecified atom stereocenters. The summed E-state index contributed by atoms with van der Waals surface area (Å²) in [6.07, 6.45) is 0.487. The third-order valence-electron chi connectivity index (χ3n) is 3.05. The van der Waals surface area contributed by atoms with Gasteiger partial charge in [0, 0.05) is 12.2 Å². The molecule has 106 valence electrons. The maximum Gasteiger partial charge on any atom is 0.200 e. The van der Waals surface area contributed by atoms with Gasteiger partial charge in [0.05, 0.1) is 11.6 Å². The number of nitrogens with zero attached hydrogens (tertiary/aromatic N) is 1. The largest absolute Gasteiger partial charge is 0.485 e. The van der Waals surface area contributed by atoms with E-state index in [1.54, 1.807) is 30.3 Å². The standard InChI is InChI=1S/C17H15NO3/c18-11-13-5-7-14(8-6-13)16(20)12-21-17-4-2-1-3-15(17)9-10-19/h1-8,19H,9-10,12H2. The van der Waals surface area contributed by atoms with Crippen molar-refractivity contribution < 1.29 is 14.6 Å². The van der Waals surface area contributed by atoms with Crippen molar-refractivity contribution in [3.05, 3.63) is 65.2 Å². The predicted octanol–water partition coefficient (Wildman–Crippen LogP) is 2.35. The van der Waals surface area contributed by atoms with Crippen molar-refractivity contribution in [3.8, 4) is 11.8 Å². The molecule has 1 N–H and O–H groups in total. The summed E-state index contributed by atoms with van der Waals surface area (Å²) in [5, 5.41) is 17.7. The van der Waals surface area contributed by atoms with Crippen molar-refractivity contribution in [2.24, 2.45) is 0 Å². The van der Waals surface area contributed by atoms with E-state index in [2.05, 4.69) is 0 Å². The quantitative estimate of drug-likeness (QED) is 0.825. The third kappa shape index (κ3) is 3.91. The molecule has 0 aliphatic rings. The molecule has 0 aliphatic carbocycles. The van der Waals surface area contributed by atoms with Gasteiger partial charge >= 0.3 is 0 Å². The fourth-order valence-corrected chi connectivity index (χ4v) is 1.93. The number of rotatable bonds is 6. The van der Waals surface area contributed by atoms with Crippen LogP contribution >= 0.6 is 0 Å². The van der Waals surface area contributed by atoms with Crippen LogP contribution in [0.15, 0.2) is 48.5 Å². The topological polar surface area (TPSA) is 70.3 Å². The highest BCUT2D eigenvalue weighted by atomic mass is 16.5. The lowest BCUT2D eigenvalue weighted by atomic mass is 10.1. The van der Waals surface area contributed by atoms with E-state index in [0.29, 0.717) is 23.3 Å². The zero-order chi connectivity index (χ0) is 15.1. The van der Waals surface area contributed by atoms with Gasteiger partial charge in [-0.25, -0.2) is 0 Å². The van der Waals surface area contributed by atoms with Gasteiger partial charge in [0.15, 0.2) is 12.4 Å². The summed E-state index contributed by atoms with van der Waals surface area (Å²) in [4.78, 5) is 12.0. The highest BCUT2D eigenvalue weighted by Gasteiger charge is 2.09. The maximum absolute atomic E-state index is 12.0. The van der Waals surface area contributed by atoms with Crippen LogP contribution < -0.4 is 4.74 Å². The molecular weight excluding hydrogens is 266 g/mol. The summed E-state index contributed by atoms with van der Waals surface area (Å²) in [6.45, 7) is -0.0434. The van der Waals surface area contributed by atoms with E-state index in [4.69, 9.17) is 15.1 Å². The van der Waals surface area contributed by atoms with Crippen LogP contribution in [0.4, 0.5) is 0 Å². The Kier molecular flexibility index (Phi) is 5.08. The first kappa shape index (κ1) is 14.8. The number of Topliss-reactive ketones (excluding diaryl/α,β-unsaturated/α-hetero) is 1. The molecule has 0 fully saturated rings. The number of para-hydroxylation sites is 1. The Morgan fingerprint density at radius 2 is 1.86 bits per heavy atom. The lowest BCUT2D eigenvalue weighted by molar-refractivity contribution is 0.0921. The minimum Gasteiger partial charge on any atom is -0.485 e. The van der Waals surface area contributed by atoms with E-state index in [1.165, 1.54) is 0 Å². The Morgan fingerprint density at radius 3 is 2.52 bits per heavy atom. The van der Waals surface area contributed by atoms with Crippen LogP contribution in [0.25, 0.3) is 0 Å². The molecule has 2 aromatic rings. The number of aliphatic hydroxyl groups is 1. The molecule has 0 radical (unpaired) electrons. The zero-order valence-corrected chi connectivity index (χ0v) is 11.5. The number of aliphatic hydroxyl groups excluding tert-OH is 1. The SMILES string of the molecule is N#Cc1ccc(C(=O)COc2ccccc2CCO)cc1. The molecule has 0 aliphatic heterocycles. The van der Waals surface area contributed by atoms with E-state index >= 15 is 0 Å². The van der Waals surface area contributed by atoms with Gasteiger partial charge in [0.2, 0.25) is 0 Å². The number of nitriles is 1. The molecule has 0 amide bonds. The second-order valence-electron chi connectivity index (χ2n) is 4.48. The molecule has 0 atom stereocenters. The molecule has 0 aromatic heterocycles. The van der Waals surface area contributed by atoms with Gasteiger partial charge in [-0.15, -0.1) is 0 Å². The van der Waals surface area contributed by atoms with E-state index in [-0.39, 0.29) is 19.0 Å². The summed E-state index contributed by atoms with van der Waals surface area (Å²) in [7, 11) is 0. The maximum atomic E-state index is 12.0. The number of hydrogen-bond donors (Lipinski definition) is 1. The molecular formula is C17H15NO3. The summed E-state index contributed by atoms with van der Waals surface area (Å²) in [5.41, 5.74) is 1.89. The fourth-order valence-electron chi connectivity index (χ4n) is 1.93. The number of ether oxygens (including phenoxy) is 1. The average molecular weight is 281 g/mol. The van der Waals surface area contributed by atoms with Crippen molar-refractivity contribution in [1.82, 2.24) is 0 Å². The van der Waals surface area contributed by atoms with E-state index in [1.807, 2.05) is 24.3 Å². The molecule has 2 rings (SSSR count). The highest BCUT2D eigenvalue weighted by molar-refractivity contribution is 5.97. The van der Waals surface area contributed by atoms with Crippen LogP contribution in [0.2, 0.25) is 0 Å². The molecule has 0 bridgehead atoms. The first-order valence-electron chi connectivity index (χ1n) is 6.59. The van der Waals surface area contributed by atoms with Crippen molar-refractivity contribution in [3.63, 3.8) is 0 Å². The molecule has 0 saturated carbocycles. The van der Waals surface area contributed by atoms with Gasteiger partial charge in [-0.2, -0.15) is 5.26 Å². The Hall–Kier alpha value is -2.64. The Labute approximate surface area is 123 Å². The van der Waals surface area contributed by atoms with Gasteiger partial charge in [0.1, 0.15) is 5.75 Å². The first-order chi connectivity index (χ1) is 10.2. The third-order valence-corrected chi connectivity index (χ3v) is 3.05. The van der Waals surface area contributed by atoms with Gasteiger partial charge in [-0.3, -0.25) is 4.79 Å². The number of carbonyl (C=O) groups is 1. The van der Waals surface area contributed by atoms with Gasteiger partial charge < -0.3 is 9.84 Å². The Bertz CT molecular complexity index is 656. The van der Waals surface area contributed by atoms with Gasteiger partial charge in [0.25, 0.3) is 0 Å². The van der Waals surface area contributed by atoms with Gasteiger partial charge in [-0.05, 0) is 42.3 Å². The van der Waals surface area contributed by atoms with E-state index in [9.17, 15) is 4.79 Å². The van der Waals surface area contributed by atoms with Crippen molar-refractivity contribution >= 4 is 5.78 Å². The number of ketones is 1. The highest BCUT2D eigenvalue weighted by Crippen LogP contribution is 2.18. The fraction of sp³-hybridized carbons (Fsp3) is 0.176. The minimum atomic E-state index is -0.154. The molecule has 4 nitrogen and oxygen atoms in total. The normalized spacial score (nSPS) is 9.90. The van der Waals surface area contributed by atoms with Crippen LogP contribution in [0.1, 0.15) is 21.5 Å². The lowest BCUT2D eigenvalue weighted by Crippen LogP contribution is -2.12. The van der Waals surface area contributed by atoms with Crippen molar-refractivity contribution in [2.45, 2.75) is 6.42 Å². The Morgan fingerprint density at radius 1 is 1.14 bits per heavy atom.